The highest BCUT2D eigenvalue weighted by Crippen LogP contribution is 2.44. The monoisotopic (exact) mass is 465 g/mol. The van der Waals surface area contributed by atoms with Crippen molar-refractivity contribution in [2.45, 2.75) is 50.7 Å². The van der Waals surface area contributed by atoms with Crippen LogP contribution in [-0.2, 0) is 16.8 Å². The molecule has 0 saturated carbocycles. The SMILES string of the molecule is COc1cc2c(cc1CN[C@H]1CCCN[C@H]1c1ccccc1)C(C)(C)C(=O)N2C.Cl.Cl. The van der Waals surface area contributed by atoms with Crippen LogP contribution in [0.2, 0.25) is 0 Å². The first-order valence-electron chi connectivity index (χ1n) is 10.4. The molecule has 0 radical (unpaired) electrons. The number of methoxy groups -OCH3 is 1. The molecule has 7 heteroatoms. The molecule has 1 fully saturated rings. The number of hydrogen-bond acceptors (Lipinski definition) is 4. The Morgan fingerprint density at radius 3 is 2.58 bits per heavy atom. The number of likely N-dealkylation sites (N-methyl/N-ethyl adjacent to an activating group) is 1. The molecule has 2 aromatic rings. The van der Waals surface area contributed by atoms with Crippen molar-refractivity contribution in [2.24, 2.45) is 0 Å². The number of hydrogen-bond donors (Lipinski definition) is 2. The van der Waals surface area contributed by atoms with Crippen molar-refractivity contribution in [3.05, 3.63) is 59.2 Å². The summed E-state index contributed by atoms with van der Waals surface area (Å²) >= 11 is 0. The van der Waals surface area contributed by atoms with Gasteiger partial charge in [0.25, 0.3) is 0 Å². The Balaban J connectivity index is 0.00000171. The third-order valence-electron chi connectivity index (χ3n) is 6.44. The molecule has 170 valence electrons. The van der Waals surface area contributed by atoms with Crippen molar-refractivity contribution in [3.63, 3.8) is 0 Å². The van der Waals surface area contributed by atoms with Crippen molar-refractivity contribution in [3.8, 4) is 5.75 Å². The van der Waals surface area contributed by atoms with Gasteiger partial charge in [-0.3, -0.25) is 4.79 Å². The second-order valence-electron chi connectivity index (χ2n) is 8.64. The molecule has 2 aromatic carbocycles. The van der Waals surface area contributed by atoms with Gasteiger partial charge in [0.05, 0.1) is 18.2 Å². The highest BCUT2D eigenvalue weighted by Gasteiger charge is 2.43. The first-order chi connectivity index (χ1) is 13.9. The summed E-state index contributed by atoms with van der Waals surface area (Å²) in [5.41, 5.74) is 3.93. The Bertz CT molecular complexity index is 905. The van der Waals surface area contributed by atoms with E-state index in [0.29, 0.717) is 18.6 Å². The number of fused-ring (bicyclic) bond motifs is 1. The molecular formula is C24H33Cl2N3O2. The fourth-order valence-electron chi connectivity index (χ4n) is 4.72. The summed E-state index contributed by atoms with van der Waals surface area (Å²) in [4.78, 5) is 14.4. The van der Waals surface area contributed by atoms with E-state index in [0.717, 1.165) is 42.0 Å². The van der Waals surface area contributed by atoms with Crippen LogP contribution in [0.25, 0.3) is 0 Å². The van der Waals surface area contributed by atoms with Gasteiger partial charge in [-0.05, 0) is 50.4 Å². The molecule has 2 atom stereocenters. The molecule has 5 nitrogen and oxygen atoms in total. The zero-order valence-electron chi connectivity index (χ0n) is 18.6. The summed E-state index contributed by atoms with van der Waals surface area (Å²) in [6.45, 7) is 5.75. The van der Waals surface area contributed by atoms with Gasteiger partial charge >= 0.3 is 0 Å². The van der Waals surface area contributed by atoms with Crippen molar-refractivity contribution < 1.29 is 9.53 Å². The van der Waals surface area contributed by atoms with E-state index in [2.05, 4.69) is 47.0 Å². The average molecular weight is 466 g/mol. The van der Waals surface area contributed by atoms with Gasteiger partial charge in [0, 0.05) is 37.3 Å². The van der Waals surface area contributed by atoms with Gasteiger partial charge in [-0.15, -0.1) is 24.8 Å². The fraction of sp³-hybridized carbons (Fsp3) is 0.458. The van der Waals surface area contributed by atoms with Crippen molar-refractivity contribution in [1.29, 1.82) is 0 Å². The van der Waals surface area contributed by atoms with Crippen molar-refractivity contribution in [1.82, 2.24) is 10.6 Å². The van der Waals surface area contributed by atoms with Gasteiger partial charge < -0.3 is 20.3 Å². The minimum Gasteiger partial charge on any atom is -0.496 e. The summed E-state index contributed by atoms with van der Waals surface area (Å²) in [6.07, 6.45) is 2.29. The summed E-state index contributed by atoms with van der Waals surface area (Å²) in [5, 5.41) is 7.43. The van der Waals surface area contributed by atoms with Crippen LogP contribution in [0.1, 0.15) is 49.4 Å². The number of amides is 1. The van der Waals surface area contributed by atoms with Gasteiger partial charge in [0.1, 0.15) is 5.75 Å². The van der Waals surface area contributed by atoms with Crippen LogP contribution in [0.4, 0.5) is 5.69 Å². The van der Waals surface area contributed by atoms with E-state index in [-0.39, 0.29) is 30.7 Å². The van der Waals surface area contributed by atoms with Gasteiger partial charge in [-0.2, -0.15) is 0 Å². The quantitative estimate of drug-likeness (QED) is 0.687. The number of piperidine rings is 1. The highest BCUT2D eigenvalue weighted by atomic mass is 35.5. The number of nitrogens with zero attached hydrogens (tertiary/aromatic N) is 1. The molecule has 1 amide bonds. The summed E-state index contributed by atoms with van der Waals surface area (Å²) < 4.78 is 5.68. The largest absolute Gasteiger partial charge is 0.496 e. The first-order valence-corrected chi connectivity index (χ1v) is 10.4. The predicted molar refractivity (Wildman–Crippen MR) is 131 cm³/mol. The lowest BCUT2D eigenvalue weighted by Gasteiger charge is -2.34. The maximum Gasteiger partial charge on any atom is 0.236 e. The molecule has 0 aromatic heterocycles. The van der Waals surface area contributed by atoms with E-state index >= 15 is 0 Å². The third kappa shape index (κ3) is 4.70. The standard InChI is InChI=1S/C24H31N3O2.2ClH/c1-24(2)18-13-17(21(29-4)14-20(18)27(3)23(24)28)15-26-19-11-8-12-25-22(19)16-9-6-5-7-10-16;;/h5-7,9-10,13-14,19,22,25-26H,8,11-12,15H2,1-4H3;2*1H/t19-,22-;;/m0../s1. The Morgan fingerprint density at radius 2 is 1.90 bits per heavy atom. The van der Waals surface area contributed by atoms with E-state index in [4.69, 9.17) is 4.74 Å². The second kappa shape index (κ2) is 10.2. The lowest BCUT2D eigenvalue weighted by molar-refractivity contribution is -0.121. The summed E-state index contributed by atoms with van der Waals surface area (Å²) in [6, 6.07) is 15.4. The molecule has 2 aliphatic rings. The summed E-state index contributed by atoms with van der Waals surface area (Å²) in [7, 11) is 3.54. The molecule has 4 rings (SSSR count). The van der Waals surface area contributed by atoms with Gasteiger partial charge in [-0.25, -0.2) is 0 Å². The molecule has 2 N–H and O–H groups in total. The number of ether oxygens (including phenoxy) is 1. The number of anilines is 1. The number of carbonyl (C=O) groups is 1. The Morgan fingerprint density at radius 1 is 1.19 bits per heavy atom. The highest BCUT2D eigenvalue weighted by molar-refractivity contribution is 6.07. The van der Waals surface area contributed by atoms with E-state index in [1.165, 1.54) is 5.56 Å². The molecule has 0 bridgehead atoms. The lowest BCUT2D eigenvalue weighted by Crippen LogP contribution is -2.45. The number of benzene rings is 2. The average Bonchev–Trinajstić information content (AvgIpc) is 2.92. The molecule has 0 aliphatic carbocycles. The van der Waals surface area contributed by atoms with Gasteiger partial charge in [0.15, 0.2) is 0 Å². The predicted octanol–water partition coefficient (Wildman–Crippen LogP) is 4.38. The minimum absolute atomic E-state index is 0. The number of nitrogens with one attached hydrogen (secondary N) is 2. The van der Waals surface area contributed by atoms with Crippen LogP contribution in [0.15, 0.2) is 42.5 Å². The topological polar surface area (TPSA) is 53.6 Å². The molecule has 2 heterocycles. The van der Waals surface area contributed by atoms with Crippen LogP contribution in [0, 0.1) is 0 Å². The van der Waals surface area contributed by atoms with Gasteiger partial charge in [0.2, 0.25) is 5.91 Å². The van der Waals surface area contributed by atoms with Crippen molar-refractivity contribution >= 4 is 36.4 Å². The van der Waals surface area contributed by atoms with Gasteiger partial charge in [-0.1, -0.05) is 30.3 Å². The number of halogens is 2. The third-order valence-corrected chi connectivity index (χ3v) is 6.44. The molecule has 0 spiro atoms. The Hall–Kier alpha value is -1.79. The maximum atomic E-state index is 12.7. The number of carbonyl (C=O) groups excluding carboxylic acids is 1. The maximum absolute atomic E-state index is 12.7. The zero-order chi connectivity index (χ0) is 20.6. The molecular weight excluding hydrogens is 433 g/mol. The van der Waals surface area contributed by atoms with Crippen molar-refractivity contribution in [2.75, 3.05) is 25.6 Å². The Labute approximate surface area is 197 Å². The zero-order valence-corrected chi connectivity index (χ0v) is 20.2. The molecule has 1 saturated heterocycles. The Kier molecular flexibility index (Phi) is 8.40. The van der Waals surface area contributed by atoms with Crippen LogP contribution < -0.4 is 20.3 Å². The second-order valence-corrected chi connectivity index (χ2v) is 8.64. The molecule has 0 unspecified atom stereocenters. The smallest absolute Gasteiger partial charge is 0.236 e. The minimum atomic E-state index is -0.510. The lowest BCUT2D eigenvalue weighted by atomic mass is 9.85. The van der Waals surface area contributed by atoms with Crippen LogP contribution >= 0.6 is 24.8 Å². The van der Waals surface area contributed by atoms with E-state index in [1.54, 1.807) is 12.0 Å². The molecule has 31 heavy (non-hydrogen) atoms. The van der Waals surface area contributed by atoms with Crippen LogP contribution in [0.5, 0.6) is 5.75 Å². The normalized spacial score (nSPS) is 21.7. The summed E-state index contributed by atoms with van der Waals surface area (Å²) in [5.74, 6) is 0.953. The molecule has 2 aliphatic heterocycles. The van der Waals surface area contributed by atoms with E-state index in [9.17, 15) is 4.79 Å². The van der Waals surface area contributed by atoms with Crippen LogP contribution in [0.3, 0.4) is 0 Å². The first kappa shape index (κ1) is 25.5. The fourth-order valence-corrected chi connectivity index (χ4v) is 4.72. The number of rotatable bonds is 5. The van der Waals surface area contributed by atoms with Crippen LogP contribution in [-0.4, -0.2) is 32.7 Å². The van der Waals surface area contributed by atoms with E-state index < -0.39 is 5.41 Å². The van der Waals surface area contributed by atoms with E-state index in [1.807, 2.05) is 27.0 Å².